The van der Waals surface area contributed by atoms with E-state index < -0.39 is 12.0 Å². The van der Waals surface area contributed by atoms with Crippen LogP contribution < -0.4 is 0 Å². The van der Waals surface area contributed by atoms with Crippen LogP contribution in [-0.4, -0.2) is 64.8 Å². The Morgan fingerprint density at radius 2 is 1.89 bits per heavy atom. The average molecular weight is 270 g/mol. The lowest BCUT2D eigenvalue weighted by atomic mass is 10.0. The maximum Gasteiger partial charge on any atom is 0.326 e. The summed E-state index contributed by atoms with van der Waals surface area (Å²) >= 11 is 0. The number of amides is 2. The number of carboxylic acid groups (broad SMARTS) is 1. The Morgan fingerprint density at radius 3 is 2.53 bits per heavy atom. The molecule has 0 aromatic carbocycles. The Labute approximate surface area is 113 Å². The zero-order valence-electron chi connectivity index (χ0n) is 11.7. The summed E-state index contributed by atoms with van der Waals surface area (Å²) in [5.74, 6) is -0.900. The minimum atomic E-state index is -0.910. The highest BCUT2D eigenvalue weighted by atomic mass is 16.5. The van der Waals surface area contributed by atoms with Gasteiger partial charge in [0.2, 0.25) is 0 Å². The van der Waals surface area contributed by atoms with Crippen LogP contribution in [0.2, 0.25) is 0 Å². The zero-order valence-corrected chi connectivity index (χ0v) is 11.7. The van der Waals surface area contributed by atoms with Crippen molar-refractivity contribution >= 4 is 12.0 Å². The van der Waals surface area contributed by atoms with Crippen LogP contribution in [0.25, 0.3) is 0 Å². The van der Waals surface area contributed by atoms with Crippen molar-refractivity contribution in [1.29, 1.82) is 0 Å². The van der Waals surface area contributed by atoms with E-state index in [-0.39, 0.29) is 24.1 Å². The quantitative estimate of drug-likeness (QED) is 0.772. The molecule has 0 saturated carbocycles. The van der Waals surface area contributed by atoms with E-state index in [4.69, 9.17) is 4.74 Å². The second kappa shape index (κ2) is 5.36. The third-order valence-electron chi connectivity index (χ3n) is 4.05. The SMILES string of the molecule is CC1CN(C(=O)N2CCC(C)C2C(=O)O)C(C)CO1. The fraction of sp³-hybridized carbons (Fsp3) is 0.846. The number of rotatable bonds is 1. The van der Waals surface area contributed by atoms with E-state index in [9.17, 15) is 14.7 Å². The van der Waals surface area contributed by atoms with Gasteiger partial charge in [-0.15, -0.1) is 0 Å². The molecule has 19 heavy (non-hydrogen) atoms. The maximum atomic E-state index is 12.5. The molecule has 4 unspecified atom stereocenters. The van der Waals surface area contributed by atoms with Gasteiger partial charge in [-0.05, 0) is 26.2 Å². The van der Waals surface area contributed by atoms with E-state index >= 15 is 0 Å². The third kappa shape index (κ3) is 2.68. The van der Waals surface area contributed by atoms with Crippen molar-refractivity contribution in [3.8, 4) is 0 Å². The molecule has 0 aliphatic carbocycles. The molecular weight excluding hydrogens is 248 g/mol. The van der Waals surface area contributed by atoms with Crippen molar-refractivity contribution < 1.29 is 19.4 Å². The predicted molar refractivity (Wildman–Crippen MR) is 68.9 cm³/mol. The second-order valence-electron chi connectivity index (χ2n) is 5.67. The summed E-state index contributed by atoms with van der Waals surface area (Å²) in [4.78, 5) is 27.1. The third-order valence-corrected chi connectivity index (χ3v) is 4.05. The first-order valence-corrected chi connectivity index (χ1v) is 6.83. The van der Waals surface area contributed by atoms with E-state index in [1.165, 1.54) is 4.90 Å². The topological polar surface area (TPSA) is 70.1 Å². The fourth-order valence-corrected chi connectivity index (χ4v) is 2.87. The largest absolute Gasteiger partial charge is 0.480 e. The Kier molecular flexibility index (Phi) is 3.99. The van der Waals surface area contributed by atoms with Gasteiger partial charge < -0.3 is 19.6 Å². The van der Waals surface area contributed by atoms with E-state index in [1.54, 1.807) is 4.90 Å². The van der Waals surface area contributed by atoms with Crippen LogP contribution in [0, 0.1) is 5.92 Å². The van der Waals surface area contributed by atoms with Crippen LogP contribution in [0.15, 0.2) is 0 Å². The van der Waals surface area contributed by atoms with Crippen LogP contribution in [0.5, 0.6) is 0 Å². The van der Waals surface area contributed by atoms with Crippen LogP contribution in [0.1, 0.15) is 27.2 Å². The molecule has 2 saturated heterocycles. The number of urea groups is 1. The predicted octanol–water partition coefficient (Wildman–Crippen LogP) is 1.01. The zero-order chi connectivity index (χ0) is 14.2. The molecule has 2 heterocycles. The molecule has 1 N–H and O–H groups in total. The number of aliphatic carboxylic acids is 1. The Morgan fingerprint density at radius 1 is 1.21 bits per heavy atom. The lowest BCUT2D eigenvalue weighted by Crippen LogP contribution is -2.57. The Hall–Kier alpha value is -1.30. The summed E-state index contributed by atoms with van der Waals surface area (Å²) in [7, 11) is 0. The minimum absolute atomic E-state index is 0.00320. The summed E-state index contributed by atoms with van der Waals surface area (Å²) in [5, 5.41) is 9.28. The molecule has 0 aromatic heterocycles. The molecule has 0 spiro atoms. The van der Waals surface area contributed by atoms with Crippen molar-refractivity contribution in [2.75, 3.05) is 19.7 Å². The van der Waals surface area contributed by atoms with Crippen LogP contribution in [0.4, 0.5) is 4.79 Å². The minimum Gasteiger partial charge on any atom is -0.480 e. The lowest BCUT2D eigenvalue weighted by molar-refractivity contribution is -0.142. The second-order valence-corrected chi connectivity index (χ2v) is 5.67. The molecule has 4 atom stereocenters. The number of hydrogen-bond acceptors (Lipinski definition) is 3. The van der Waals surface area contributed by atoms with E-state index in [0.29, 0.717) is 19.7 Å². The van der Waals surface area contributed by atoms with E-state index in [1.807, 2.05) is 20.8 Å². The molecule has 6 heteroatoms. The van der Waals surface area contributed by atoms with Crippen molar-refractivity contribution in [2.24, 2.45) is 5.92 Å². The van der Waals surface area contributed by atoms with E-state index in [2.05, 4.69) is 0 Å². The highest BCUT2D eigenvalue weighted by Crippen LogP contribution is 2.26. The monoisotopic (exact) mass is 270 g/mol. The molecule has 0 radical (unpaired) electrons. The van der Waals surface area contributed by atoms with Gasteiger partial charge in [0.05, 0.1) is 18.8 Å². The van der Waals surface area contributed by atoms with Crippen LogP contribution in [0.3, 0.4) is 0 Å². The van der Waals surface area contributed by atoms with Gasteiger partial charge in [-0.25, -0.2) is 9.59 Å². The summed E-state index contributed by atoms with van der Waals surface area (Å²) < 4.78 is 5.50. The normalized spacial score (nSPS) is 35.5. The standard InChI is InChI=1S/C13H22N2O4/c1-8-4-5-14(11(8)12(16)17)13(18)15-6-10(3)19-7-9(15)2/h8-11H,4-7H2,1-3H3,(H,16,17). The highest BCUT2D eigenvalue weighted by Gasteiger charge is 2.42. The molecule has 6 nitrogen and oxygen atoms in total. The van der Waals surface area contributed by atoms with Crippen LogP contribution >= 0.6 is 0 Å². The molecule has 2 amide bonds. The van der Waals surface area contributed by atoms with Gasteiger partial charge >= 0.3 is 12.0 Å². The van der Waals surface area contributed by atoms with Gasteiger partial charge in [0, 0.05) is 13.1 Å². The smallest absolute Gasteiger partial charge is 0.326 e. The maximum absolute atomic E-state index is 12.5. The van der Waals surface area contributed by atoms with Crippen molar-refractivity contribution in [3.05, 3.63) is 0 Å². The van der Waals surface area contributed by atoms with Gasteiger partial charge in [-0.1, -0.05) is 6.92 Å². The number of carboxylic acids is 1. The van der Waals surface area contributed by atoms with Gasteiger partial charge in [0.1, 0.15) is 6.04 Å². The Bertz CT molecular complexity index is 374. The summed E-state index contributed by atoms with van der Waals surface area (Å²) in [6.45, 7) is 7.30. The molecule has 0 aromatic rings. The first-order valence-electron chi connectivity index (χ1n) is 6.83. The average Bonchev–Trinajstić information content (AvgIpc) is 2.73. The summed E-state index contributed by atoms with van der Waals surface area (Å²) in [6.07, 6.45) is 0.750. The van der Waals surface area contributed by atoms with Crippen LogP contribution in [-0.2, 0) is 9.53 Å². The van der Waals surface area contributed by atoms with Crippen molar-refractivity contribution in [1.82, 2.24) is 9.80 Å². The molecular formula is C13H22N2O4. The van der Waals surface area contributed by atoms with Gasteiger partial charge in [-0.2, -0.15) is 0 Å². The number of carbonyl (C=O) groups is 2. The number of ether oxygens (including phenoxy) is 1. The molecule has 2 fully saturated rings. The number of hydrogen-bond donors (Lipinski definition) is 1. The number of nitrogens with zero attached hydrogens (tertiary/aromatic N) is 2. The highest BCUT2D eigenvalue weighted by molar-refractivity contribution is 5.83. The van der Waals surface area contributed by atoms with Gasteiger partial charge in [0.15, 0.2) is 0 Å². The van der Waals surface area contributed by atoms with Gasteiger partial charge in [0.25, 0.3) is 0 Å². The lowest BCUT2D eigenvalue weighted by Gasteiger charge is -2.39. The molecule has 2 rings (SSSR count). The molecule has 2 aliphatic rings. The summed E-state index contributed by atoms with van der Waals surface area (Å²) in [5.41, 5.74) is 0. The first-order chi connectivity index (χ1) is 8.91. The molecule has 2 aliphatic heterocycles. The first kappa shape index (κ1) is 14.1. The molecule has 108 valence electrons. The Balaban J connectivity index is 2.12. The number of morpholine rings is 1. The summed E-state index contributed by atoms with van der Waals surface area (Å²) in [6, 6.07) is -0.869. The van der Waals surface area contributed by atoms with Crippen molar-refractivity contribution in [3.63, 3.8) is 0 Å². The molecule has 0 bridgehead atoms. The fourth-order valence-electron chi connectivity index (χ4n) is 2.87. The van der Waals surface area contributed by atoms with Gasteiger partial charge in [-0.3, -0.25) is 0 Å². The number of carbonyl (C=O) groups excluding carboxylic acids is 1. The number of likely N-dealkylation sites (tertiary alicyclic amines) is 1. The van der Waals surface area contributed by atoms with E-state index in [0.717, 1.165) is 6.42 Å². The van der Waals surface area contributed by atoms with Crippen molar-refractivity contribution in [2.45, 2.75) is 45.4 Å².